The number of benzene rings is 1. The second-order valence-corrected chi connectivity index (χ2v) is 8.35. The molecule has 2 aliphatic heterocycles. The number of methoxy groups -OCH3 is 1. The minimum atomic E-state index is -0.283. The fourth-order valence-electron chi connectivity index (χ4n) is 4.11. The normalized spacial score (nSPS) is 19.9. The molecule has 1 aromatic carbocycles. The summed E-state index contributed by atoms with van der Waals surface area (Å²) in [6.45, 7) is 15.0. The number of piperazine rings is 1. The molecule has 0 aromatic heterocycles. The molecule has 0 amide bonds. The molecular weight excluding hydrogens is 342 g/mol. The van der Waals surface area contributed by atoms with Crippen LogP contribution in [0.2, 0.25) is 0 Å². The average molecular weight is 376 g/mol. The van der Waals surface area contributed by atoms with Crippen molar-refractivity contribution >= 4 is 11.7 Å². The first-order valence-corrected chi connectivity index (χ1v) is 9.93. The Kier molecular flexibility index (Phi) is 6.73. The van der Waals surface area contributed by atoms with E-state index in [1.54, 1.807) is 0 Å². The van der Waals surface area contributed by atoms with Gasteiger partial charge in [-0.1, -0.05) is 13.8 Å². The molecule has 0 aliphatic carbocycles. The van der Waals surface area contributed by atoms with E-state index in [-0.39, 0.29) is 11.4 Å². The molecule has 6 nitrogen and oxygen atoms in total. The zero-order valence-corrected chi connectivity index (χ0v) is 16.9. The van der Waals surface area contributed by atoms with Crippen LogP contribution in [-0.4, -0.2) is 88.5 Å². The molecule has 3 rings (SSSR count). The molecule has 2 saturated heterocycles. The molecule has 0 radical (unpaired) electrons. The van der Waals surface area contributed by atoms with E-state index < -0.39 is 0 Å². The van der Waals surface area contributed by atoms with Gasteiger partial charge in [-0.05, 0) is 29.7 Å². The molecule has 6 heteroatoms. The van der Waals surface area contributed by atoms with Crippen molar-refractivity contribution in [3.05, 3.63) is 29.8 Å². The molecule has 2 heterocycles. The Bertz CT molecular complexity index is 604. The first-order chi connectivity index (χ1) is 13.0. The van der Waals surface area contributed by atoms with Gasteiger partial charge in [0.1, 0.15) is 0 Å². The zero-order valence-electron chi connectivity index (χ0n) is 16.9. The number of rotatable bonds is 6. The molecule has 2 fully saturated rings. The van der Waals surface area contributed by atoms with Crippen LogP contribution < -0.4 is 4.90 Å². The number of hydrogen-bond donors (Lipinski definition) is 0. The second-order valence-electron chi connectivity index (χ2n) is 8.35. The molecule has 150 valence electrons. The number of morpholine rings is 1. The highest BCUT2D eigenvalue weighted by atomic mass is 16.5. The lowest BCUT2D eigenvalue weighted by molar-refractivity contribution is 0.0147. The predicted octanol–water partition coefficient (Wildman–Crippen LogP) is 1.95. The third kappa shape index (κ3) is 5.67. The Hall–Kier alpha value is -1.63. The Labute approximate surface area is 163 Å². The number of hydrogen-bond acceptors (Lipinski definition) is 6. The Morgan fingerprint density at radius 3 is 2.07 bits per heavy atom. The van der Waals surface area contributed by atoms with Crippen LogP contribution in [0.1, 0.15) is 24.2 Å². The largest absolute Gasteiger partial charge is 0.465 e. The summed E-state index contributed by atoms with van der Waals surface area (Å²) in [6, 6.07) is 7.73. The van der Waals surface area contributed by atoms with Crippen molar-refractivity contribution in [2.75, 3.05) is 77.6 Å². The van der Waals surface area contributed by atoms with Gasteiger partial charge in [-0.2, -0.15) is 0 Å². The molecule has 0 bridgehead atoms. The summed E-state index contributed by atoms with van der Waals surface area (Å²) in [4.78, 5) is 19.1. The first kappa shape index (κ1) is 20.1. The van der Waals surface area contributed by atoms with Crippen molar-refractivity contribution in [3.63, 3.8) is 0 Å². The van der Waals surface area contributed by atoms with Crippen LogP contribution in [0.25, 0.3) is 0 Å². The fourth-order valence-corrected chi connectivity index (χ4v) is 4.11. The van der Waals surface area contributed by atoms with E-state index >= 15 is 0 Å². The van der Waals surface area contributed by atoms with Gasteiger partial charge < -0.3 is 14.4 Å². The van der Waals surface area contributed by atoms with E-state index in [4.69, 9.17) is 9.47 Å². The number of anilines is 1. The maximum atomic E-state index is 11.6. The minimum Gasteiger partial charge on any atom is -0.465 e. The quantitative estimate of drug-likeness (QED) is 0.709. The highest BCUT2D eigenvalue weighted by Crippen LogP contribution is 2.22. The summed E-state index contributed by atoms with van der Waals surface area (Å²) < 4.78 is 10.2. The summed E-state index contributed by atoms with van der Waals surface area (Å²) in [5, 5.41) is 0. The number of carbonyl (C=O) groups excluding carboxylic acids is 1. The lowest BCUT2D eigenvalue weighted by Crippen LogP contribution is -2.51. The average Bonchev–Trinajstić information content (AvgIpc) is 2.68. The van der Waals surface area contributed by atoms with Gasteiger partial charge in [0.2, 0.25) is 0 Å². The Balaban J connectivity index is 1.47. The van der Waals surface area contributed by atoms with Crippen molar-refractivity contribution < 1.29 is 14.3 Å². The van der Waals surface area contributed by atoms with Crippen molar-refractivity contribution in [2.24, 2.45) is 5.41 Å². The Morgan fingerprint density at radius 2 is 1.52 bits per heavy atom. The monoisotopic (exact) mass is 375 g/mol. The summed E-state index contributed by atoms with van der Waals surface area (Å²) in [7, 11) is 1.41. The van der Waals surface area contributed by atoms with Crippen molar-refractivity contribution in [1.82, 2.24) is 9.80 Å². The lowest BCUT2D eigenvalue weighted by Gasteiger charge is -2.41. The topological polar surface area (TPSA) is 45.2 Å². The Morgan fingerprint density at radius 1 is 0.963 bits per heavy atom. The van der Waals surface area contributed by atoms with Crippen molar-refractivity contribution in [3.8, 4) is 0 Å². The molecular formula is C21H33N3O3. The van der Waals surface area contributed by atoms with Crippen LogP contribution >= 0.6 is 0 Å². The highest BCUT2D eigenvalue weighted by Gasteiger charge is 2.27. The van der Waals surface area contributed by atoms with E-state index in [0.29, 0.717) is 5.56 Å². The van der Waals surface area contributed by atoms with Gasteiger partial charge in [-0.15, -0.1) is 0 Å². The SMILES string of the molecule is COC(=O)c1ccc(N2CCN(CC(C)(C)CN3CCOCC3)CC2)cc1. The third-order valence-electron chi connectivity index (χ3n) is 5.43. The zero-order chi connectivity index (χ0) is 19.3. The van der Waals surface area contributed by atoms with Crippen LogP contribution in [0.3, 0.4) is 0 Å². The van der Waals surface area contributed by atoms with Crippen LogP contribution in [0.5, 0.6) is 0 Å². The van der Waals surface area contributed by atoms with E-state index in [1.165, 1.54) is 12.8 Å². The molecule has 0 atom stereocenters. The van der Waals surface area contributed by atoms with Gasteiger partial charge in [-0.25, -0.2) is 4.79 Å². The molecule has 0 spiro atoms. The third-order valence-corrected chi connectivity index (χ3v) is 5.43. The van der Waals surface area contributed by atoms with Crippen LogP contribution in [0.4, 0.5) is 5.69 Å². The molecule has 0 saturated carbocycles. The molecule has 0 unspecified atom stereocenters. The van der Waals surface area contributed by atoms with Crippen LogP contribution in [0.15, 0.2) is 24.3 Å². The van der Waals surface area contributed by atoms with Gasteiger partial charge in [0, 0.05) is 58.0 Å². The molecule has 0 N–H and O–H groups in total. The summed E-state index contributed by atoms with van der Waals surface area (Å²) in [5.41, 5.74) is 2.06. The van der Waals surface area contributed by atoms with Gasteiger partial charge in [0.25, 0.3) is 0 Å². The maximum Gasteiger partial charge on any atom is 0.337 e. The van der Waals surface area contributed by atoms with Crippen LogP contribution in [0, 0.1) is 5.41 Å². The van der Waals surface area contributed by atoms with Gasteiger partial charge in [0.05, 0.1) is 25.9 Å². The molecule has 1 aromatic rings. The number of ether oxygens (including phenoxy) is 2. The van der Waals surface area contributed by atoms with E-state index in [1.807, 2.05) is 24.3 Å². The van der Waals surface area contributed by atoms with E-state index in [9.17, 15) is 4.79 Å². The van der Waals surface area contributed by atoms with E-state index in [2.05, 4.69) is 28.5 Å². The summed E-state index contributed by atoms with van der Waals surface area (Å²) in [6.07, 6.45) is 0. The minimum absolute atomic E-state index is 0.279. The number of carbonyl (C=O) groups is 1. The van der Waals surface area contributed by atoms with Crippen molar-refractivity contribution in [2.45, 2.75) is 13.8 Å². The smallest absolute Gasteiger partial charge is 0.337 e. The first-order valence-electron chi connectivity index (χ1n) is 9.93. The lowest BCUT2D eigenvalue weighted by atomic mass is 9.91. The summed E-state index contributed by atoms with van der Waals surface area (Å²) >= 11 is 0. The predicted molar refractivity (Wildman–Crippen MR) is 107 cm³/mol. The summed E-state index contributed by atoms with van der Waals surface area (Å²) in [5.74, 6) is -0.283. The number of nitrogens with zero attached hydrogens (tertiary/aromatic N) is 3. The second kappa shape index (κ2) is 9.04. The standard InChI is InChI=1S/C21H33N3O3/c1-21(2,17-23-12-14-27-15-13-23)16-22-8-10-24(11-9-22)19-6-4-18(5-7-19)20(25)26-3/h4-7H,8-17H2,1-3H3. The highest BCUT2D eigenvalue weighted by molar-refractivity contribution is 5.89. The number of esters is 1. The van der Waals surface area contributed by atoms with Gasteiger partial charge in [0.15, 0.2) is 0 Å². The fraction of sp³-hybridized carbons (Fsp3) is 0.667. The van der Waals surface area contributed by atoms with E-state index in [0.717, 1.165) is 65.6 Å². The van der Waals surface area contributed by atoms with Crippen LogP contribution in [-0.2, 0) is 9.47 Å². The van der Waals surface area contributed by atoms with Gasteiger partial charge >= 0.3 is 5.97 Å². The van der Waals surface area contributed by atoms with Gasteiger partial charge in [-0.3, -0.25) is 9.80 Å². The molecule has 2 aliphatic rings. The maximum absolute atomic E-state index is 11.6. The molecule has 27 heavy (non-hydrogen) atoms. The van der Waals surface area contributed by atoms with Crippen molar-refractivity contribution in [1.29, 1.82) is 0 Å².